The Balaban J connectivity index is 2.31. The SMILES string of the molecule is Nc1cccc(CC(=O)c2c(F)cc(F)cc2F)n1. The average molecular weight is 266 g/mol. The number of nitrogens with zero attached hydrogens (tertiary/aromatic N) is 1. The molecule has 0 atom stereocenters. The Hall–Kier alpha value is -2.37. The fourth-order valence-corrected chi connectivity index (χ4v) is 1.66. The molecule has 2 N–H and O–H groups in total. The van der Waals surface area contributed by atoms with Gasteiger partial charge in [-0.1, -0.05) is 6.07 Å². The number of hydrogen-bond donors (Lipinski definition) is 1. The van der Waals surface area contributed by atoms with E-state index in [1.807, 2.05) is 0 Å². The Morgan fingerprint density at radius 3 is 2.37 bits per heavy atom. The zero-order valence-electron chi connectivity index (χ0n) is 9.66. The van der Waals surface area contributed by atoms with Gasteiger partial charge in [-0.2, -0.15) is 0 Å². The van der Waals surface area contributed by atoms with Gasteiger partial charge in [0.15, 0.2) is 5.78 Å². The fraction of sp³-hybridized carbons (Fsp3) is 0.0769. The van der Waals surface area contributed by atoms with Gasteiger partial charge in [-0.25, -0.2) is 18.2 Å². The molecule has 2 rings (SSSR count). The van der Waals surface area contributed by atoms with Gasteiger partial charge in [0.1, 0.15) is 23.3 Å². The average Bonchev–Trinajstić information content (AvgIpc) is 2.27. The number of carbonyl (C=O) groups is 1. The van der Waals surface area contributed by atoms with Crippen LogP contribution in [-0.2, 0) is 6.42 Å². The van der Waals surface area contributed by atoms with Crippen LogP contribution < -0.4 is 5.73 Å². The topological polar surface area (TPSA) is 56.0 Å². The molecule has 98 valence electrons. The van der Waals surface area contributed by atoms with Crippen LogP contribution in [-0.4, -0.2) is 10.8 Å². The minimum absolute atomic E-state index is 0.199. The van der Waals surface area contributed by atoms with Gasteiger partial charge in [0.2, 0.25) is 0 Å². The molecule has 0 saturated carbocycles. The van der Waals surface area contributed by atoms with Crippen molar-refractivity contribution in [1.29, 1.82) is 0 Å². The number of anilines is 1. The minimum Gasteiger partial charge on any atom is -0.384 e. The number of rotatable bonds is 3. The molecule has 1 aromatic carbocycles. The summed E-state index contributed by atoms with van der Waals surface area (Å²) in [5.74, 6) is -4.16. The molecule has 0 bridgehead atoms. The molecule has 0 spiro atoms. The number of nitrogen functional groups attached to an aromatic ring is 1. The van der Waals surface area contributed by atoms with Crippen LogP contribution in [0, 0.1) is 17.5 Å². The first-order valence-corrected chi connectivity index (χ1v) is 5.36. The van der Waals surface area contributed by atoms with Crippen molar-refractivity contribution in [3.05, 3.63) is 59.0 Å². The molecule has 3 nitrogen and oxygen atoms in total. The summed E-state index contributed by atoms with van der Waals surface area (Å²) in [7, 11) is 0. The summed E-state index contributed by atoms with van der Waals surface area (Å²) in [6.45, 7) is 0. The van der Waals surface area contributed by atoms with Gasteiger partial charge in [0.25, 0.3) is 0 Å². The second kappa shape index (κ2) is 5.09. The summed E-state index contributed by atoms with van der Waals surface area (Å²) in [6, 6.07) is 5.52. The van der Waals surface area contributed by atoms with Crippen LogP contribution in [0.4, 0.5) is 19.0 Å². The highest BCUT2D eigenvalue weighted by Crippen LogP contribution is 2.17. The highest BCUT2D eigenvalue weighted by Gasteiger charge is 2.19. The van der Waals surface area contributed by atoms with Gasteiger partial charge in [-0.15, -0.1) is 0 Å². The lowest BCUT2D eigenvalue weighted by atomic mass is 10.0. The van der Waals surface area contributed by atoms with Gasteiger partial charge in [0.05, 0.1) is 17.7 Å². The zero-order chi connectivity index (χ0) is 14.0. The third-order valence-corrected chi connectivity index (χ3v) is 2.46. The molecule has 0 aliphatic rings. The van der Waals surface area contributed by atoms with E-state index in [9.17, 15) is 18.0 Å². The summed E-state index contributed by atoms with van der Waals surface area (Å²) in [6.07, 6.45) is -0.315. The number of benzene rings is 1. The Morgan fingerprint density at radius 1 is 1.16 bits per heavy atom. The third-order valence-electron chi connectivity index (χ3n) is 2.46. The monoisotopic (exact) mass is 266 g/mol. The Bertz CT molecular complexity index is 621. The number of ketones is 1. The van der Waals surface area contributed by atoms with E-state index >= 15 is 0 Å². The maximum Gasteiger partial charge on any atom is 0.174 e. The first kappa shape index (κ1) is 13.1. The van der Waals surface area contributed by atoms with Crippen LogP contribution in [0.5, 0.6) is 0 Å². The molecule has 1 aromatic heterocycles. The normalized spacial score (nSPS) is 10.5. The first-order chi connectivity index (χ1) is 8.97. The van der Waals surface area contributed by atoms with Crippen LogP contribution >= 0.6 is 0 Å². The van der Waals surface area contributed by atoms with Crippen molar-refractivity contribution in [2.75, 3.05) is 5.73 Å². The van der Waals surface area contributed by atoms with Crippen molar-refractivity contribution in [1.82, 2.24) is 4.98 Å². The lowest BCUT2D eigenvalue weighted by Gasteiger charge is -2.05. The quantitative estimate of drug-likeness (QED) is 0.868. The van der Waals surface area contributed by atoms with Crippen molar-refractivity contribution in [3.63, 3.8) is 0 Å². The van der Waals surface area contributed by atoms with Crippen LogP contribution in [0.2, 0.25) is 0 Å². The summed E-state index contributed by atoms with van der Waals surface area (Å²) in [4.78, 5) is 15.6. The molecule has 0 aliphatic heterocycles. The van der Waals surface area contributed by atoms with Crippen LogP contribution in [0.15, 0.2) is 30.3 Å². The standard InChI is InChI=1S/C13H9F3N2O/c14-7-4-9(15)13(10(16)5-7)11(19)6-8-2-1-3-12(17)18-8/h1-5H,6H2,(H2,17,18). The summed E-state index contributed by atoms with van der Waals surface area (Å²) >= 11 is 0. The predicted molar refractivity (Wildman–Crippen MR) is 63.0 cm³/mol. The van der Waals surface area contributed by atoms with E-state index in [4.69, 9.17) is 5.73 Å². The summed E-state index contributed by atoms with van der Waals surface area (Å²) < 4.78 is 39.5. The van der Waals surface area contributed by atoms with E-state index in [0.29, 0.717) is 12.1 Å². The highest BCUT2D eigenvalue weighted by atomic mass is 19.1. The van der Waals surface area contributed by atoms with Crippen molar-refractivity contribution in [2.24, 2.45) is 0 Å². The van der Waals surface area contributed by atoms with E-state index < -0.39 is 28.8 Å². The summed E-state index contributed by atoms with van der Waals surface area (Å²) in [5, 5.41) is 0. The van der Waals surface area contributed by atoms with Crippen molar-refractivity contribution >= 4 is 11.6 Å². The lowest BCUT2D eigenvalue weighted by molar-refractivity contribution is 0.0984. The van der Waals surface area contributed by atoms with Gasteiger partial charge >= 0.3 is 0 Å². The smallest absolute Gasteiger partial charge is 0.174 e. The molecule has 0 radical (unpaired) electrons. The third kappa shape index (κ3) is 2.90. The summed E-state index contributed by atoms with van der Waals surface area (Å²) in [5.41, 5.74) is 4.95. The van der Waals surface area contributed by atoms with Gasteiger partial charge in [0, 0.05) is 12.1 Å². The number of aromatic nitrogens is 1. The Morgan fingerprint density at radius 2 is 1.79 bits per heavy atom. The largest absolute Gasteiger partial charge is 0.384 e. The second-order valence-electron chi connectivity index (χ2n) is 3.90. The van der Waals surface area contributed by atoms with E-state index in [1.54, 1.807) is 6.07 Å². The van der Waals surface area contributed by atoms with E-state index in [2.05, 4.69) is 4.98 Å². The maximum absolute atomic E-state index is 13.4. The number of carbonyl (C=O) groups excluding carboxylic acids is 1. The van der Waals surface area contributed by atoms with Gasteiger partial charge < -0.3 is 5.73 Å². The van der Waals surface area contributed by atoms with Crippen molar-refractivity contribution < 1.29 is 18.0 Å². The molecule has 0 aliphatic carbocycles. The molecule has 6 heteroatoms. The second-order valence-corrected chi connectivity index (χ2v) is 3.90. The first-order valence-electron chi connectivity index (χ1n) is 5.36. The van der Waals surface area contributed by atoms with Crippen molar-refractivity contribution in [3.8, 4) is 0 Å². The van der Waals surface area contributed by atoms with Gasteiger partial charge in [-0.05, 0) is 12.1 Å². The van der Waals surface area contributed by atoms with Gasteiger partial charge in [-0.3, -0.25) is 4.79 Å². The number of nitrogens with two attached hydrogens (primary N) is 1. The minimum atomic E-state index is -1.23. The fourth-order valence-electron chi connectivity index (χ4n) is 1.66. The number of halogens is 3. The molecule has 2 aromatic rings. The lowest BCUT2D eigenvalue weighted by Crippen LogP contribution is -2.11. The van der Waals surface area contributed by atoms with E-state index in [1.165, 1.54) is 12.1 Å². The molecule has 0 saturated heterocycles. The molecular weight excluding hydrogens is 257 g/mol. The number of Topliss-reactive ketones (excluding diaryl/α,β-unsaturated/α-hetero) is 1. The molecule has 0 fully saturated rings. The Kier molecular flexibility index (Phi) is 3.50. The highest BCUT2D eigenvalue weighted by molar-refractivity contribution is 5.97. The molecular formula is C13H9F3N2O. The van der Waals surface area contributed by atoms with Crippen LogP contribution in [0.3, 0.4) is 0 Å². The zero-order valence-corrected chi connectivity index (χ0v) is 9.66. The molecule has 0 amide bonds. The van der Waals surface area contributed by atoms with E-state index in [-0.39, 0.29) is 17.9 Å². The maximum atomic E-state index is 13.4. The number of pyridine rings is 1. The van der Waals surface area contributed by atoms with Crippen molar-refractivity contribution in [2.45, 2.75) is 6.42 Å². The molecule has 0 unspecified atom stereocenters. The molecule has 19 heavy (non-hydrogen) atoms. The number of hydrogen-bond acceptors (Lipinski definition) is 3. The van der Waals surface area contributed by atoms with Crippen LogP contribution in [0.1, 0.15) is 16.1 Å². The molecule has 1 heterocycles. The Labute approximate surface area is 106 Å². The predicted octanol–water partition coefficient (Wildman–Crippen LogP) is 2.51. The van der Waals surface area contributed by atoms with Crippen LogP contribution in [0.25, 0.3) is 0 Å². The van der Waals surface area contributed by atoms with E-state index in [0.717, 1.165) is 0 Å².